The van der Waals surface area contributed by atoms with E-state index in [9.17, 15) is 4.79 Å². The van der Waals surface area contributed by atoms with Gasteiger partial charge in [0, 0.05) is 5.92 Å². The predicted molar refractivity (Wildman–Crippen MR) is 70.3 cm³/mol. The van der Waals surface area contributed by atoms with Crippen LogP contribution >= 0.6 is 0 Å². The minimum Gasteiger partial charge on any atom is -0.477 e. The van der Waals surface area contributed by atoms with E-state index in [1.165, 1.54) is 0 Å². The monoisotopic (exact) mass is 246 g/mol. The highest BCUT2D eigenvalue weighted by atomic mass is 16.5. The Morgan fingerprint density at radius 3 is 2.67 bits per heavy atom. The molecule has 1 N–H and O–H groups in total. The standard InChI is InChI=1S/C14H18N2O2/c1-3-11(4-2)14(17)16-12-7-5-6-8-13(12)18-10-9-15/h5-8,11H,3-4,10H2,1-2H3,(H,16,17). The van der Waals surface area contributed by atoms with Gasteiger partial charge in [0.15, 0.2) is 6.61 Å². The van der Waals surface area contributed by atoms with Crippen molar-refractivity contribution in [1.82, 2.24) is 0 Å². The summed E-state index contributed by atoms with van der Waals surface area (Å²) in [6.07, 6.45) is 1.62. The summed E-state index contributed by atoms with van der Waals surface area (Å²) in [7, 11) is 0. The van der Waals surface area contributed by atoms with Gasteiger partial charge in [0.1, 0.15) is 11.8 Å². The van der Waals surface area contributed by atoms with Gasteiger partial charge in [0.25, 0.3) is 0 Å². The number of amides is 1. The van der Waals surface area contributed by atoms with Crippen molar-refractivity contribution in [3.05, 3.63) is 24.3 Å². The van der Waals surface area contributed by atoms with Gasteiger partial charge in [-0.25, -0.2) is 0 Å². The zero-order valence-electron chi connectivity index (χ0n) is 10.8. The van der Waals surface area contributed by atoms with Crippen LogP contribution in [0.3, 0.4) is 0 Å². The molecular weight excluding hydrogens is 228 g/mol. The van der Waals surface area contributed by atoms with Crippen LogP contribution in [0.25, 0.3) is 0 Å². The van der Waals surface area contributed by atoms with E-state index >= 15 is 0 Å². The molecule has 0 fully saturated rings. The van der Waals surface area contributed by atoms with Crippen LogP contribution < -0.4 is 10.1 Å². The lowest BCUT2D eigenvalue weighted by Gasteiger charge is -2.15. The fourth-order valence-corrected chi connectivity index (χ4v) is 1.70. The van der Waals surface area contributed by atoms with Crippen molar-refractivity contribution < 1.29 is 9.53 Å². The number of para-hydroxylation sites is 2. The van der Waals surface area contributed by atoms with Crippen molar-refractivity contribution in [2.75, 3.05) is 11.9 Å². The first kappa shape index (κ1) is 14.0. The molecule has 0 aromatic heterocycles. The summed E-state index contributed by atoms with van der Waals surface area (Å²) in [4.78, 5) is 12.0. The highest BCUT2D eigenvalue weighted by Gasteiger charge is 2.15. The molecule has 0 bridgehead atoms. The zero-order chi connectivity index (χ0) is 13.4. The first-order valence-corrected chi connectivity index (χ1v) is 6.12. The second-order valence-corrected chi connectivity index (χ2v) is 3.95. The van der Waals surface area contributed by atoms with Gasteiger partial charge < -0.3 is 10.1 Å². The largest absolute Gasteiger partial charge is 0.477 e. The molecular formula is C14H18N2O2. The number of anilines is 1. The number of nitriles is 1. The summed E-state index contributed by atoms with van der Waals surface area (Å²) >= 11 is 0. The van der Waals surface area contributed by atoms with E-state index in [-0.39, 0.29) is 18.4 Å². The summed E-state index contributed by atoms with van der Waals surface area (Å²) in [6, 6.07) is 9.04. The molecule has 0 saturated carbocycles. The molecule has 0 radical (unpaired) electrons. The van der Waals surface area contributed by atoms with E-state index < -0.39 is 0 Å². The number of carbonyl (C=O) groups is 1. The number of benzene rings is 1. The highest BCUT2D eigenvalue weighted by molar-refractivity contribution is 5.93. The Kier molecular flexibility index (Phi) is 5.72. The van der Waals surface area contributed by atoms with Gasteiger partial charge in [-0.2, -0.15) is 5.26 Å². The van der Waals surface area contributed by atoms with Crippen LogP contribution in [0.1, 0.15) is 26.7 Å². The average Bonchev–Trinajstić information content (AvgIpc) is 2.39. The molecule has 0 spiro atoms. The molecule has 0 aliphatic heterocycles. The molecule has 4 heteroatoms. The van der Waals surface area contributed by atoms with Gasteiger partial charge in [-0.1, -0.05) is 26.0 Å². The Labute approximate surface area is 108 Å². The van der Waals surface area contributed by atoms with E-state index in [1.807, 2.05) is 26.0 Å². The SMILES string of the molecule is CCC(CC)C(=O)Nc1ccccc1OCC#N. The number of hydrogen-bond acceptors (Lipinski definition) is 3. The molecule has 1 amide bonds. The lowest BCUT2D eigenvalue weighted by Crippen LogP contribution is -2.22. The maximum absolute atomic E-state index is 12.0. The van der Waals surface area contributed by atoms with Crippen LogP contribution in [0.2, 0.25) is 0 Å². The Bertz CT molecular complexity index is 434. The first-order valence-electron chi connectivity index (χ1n) is 6.12. The van der Waals surface area contributed by atoms with Gasteiger partial charge in [0.05, 0.1) is 5.69 Å². The lowest BCUT2D eigenvalue weighted by molar-refractivity contribution is -0.120. The van der Waals surface area contributed by atoms with Gasteiger partial charge in [-0.15, -0.1) is 0 Å². The minimum atomic E-state index is -0.0299. The molecule has 0 saturated heterocycles. The highest BCUT2D eigenvalue weighted by Crippen LogP contribution is 2.24. The summed E-state index contributed by atoms with van der Waals surface area (Å²) in [5.74, 6) is 0.528. The third-order valence-electron chi connectivity index (χ3n) is 2.79. The van der Waals surface area contributed by atoms with Crippen LogP contribution in [0, 0.1) is 17.2 Å². The Balaban J connectivity index is 2.77. The van der Waals surface area contributed by atoms with E-state index in [2.05, 4.69) is 5.32 Å². The molecule has 0 aliphatic carbocycles. The van der Waals surface area contributed by atoms with Gasteiger partial charge in [0.2, 0.25) is 5.91 Å². The molecule has 1 aromatic rings. The molecule has 4 nitrogen and oxygen atoms in total. The van der Waals surface area contributed by atoms with E-state index in [0.29, 0.717) is 11.4 Å². The molecule has 0 atom stereocenters. The normalized spacial score (nSPS) is 9.89. The van der Waals surface area contributed by atoms with Crippen LogP contribution in [0.4, 0.5) is 5.69 Å². The van der Waals surface area contributed by atoms with E-state index in [0.717, 1.165) is 12.8 Å². The summed E-state index contributed by atoms with van der Waals surface area (Å²) in [6.45, 7) is 3.95. The number of carbonyl (C=O) groups excluding carboxylic acids is 1. The van der Waals surface area contributed by atoms with Crippen molar-refractivity contribution in [2.45, 2.75) is 26.7 Å². The van der Waals surface area contributed by atoms with Crippen molar-refractivity contribution >= 4 is 11.6 Å². The van der Waals surface area contributed by atoms with E-state index in [1.54, 1.807) is 18.2 Å². The number of hydrogen-bond donors (Lipinski definition) is 1. The molecule has 0 aliphatic rings. The number of rotatable bonds is 6. The van der Waals surface area contributed by atoms with Gasteiger partial charge in [-0.3, -0.25) is 4.79 Å². The maximum Gasteiger partial charge on any atom is 0.227 e. The van der Waals surface area contributed by atoms with Crippen molar-refractivity contribution in [3.63, 3.8) is 0 Å². The minimum absolute atomic E-state index is 0.00647. The van der Waals surface area contributed by atoms with Crippen LogP contribution in [-0.2, 0) is 4.79 Å². The van der Waals surface area contributed by atoms with Crippen LogP contribution in [0.5, 0.6) is 5.75 Å². The van der Waals surface area contributed by atoms with Crippen LogP contribution in [0.15, 0.2) is 24.3 Å². The van der Waals surface area contributed by atoms with Gasteiger partial charge >= 0.3 is 0 Å². The second kappa shape index (κ2) is 7.33. The number of ether oxygens (including phenoxy) is 1. The third kappa shape index (κ3) is 3.77. The molecule has 1 rings (SSSR count). The van der Waals surface area contributed by atoms with Crippen LogP contribution in [-0.4, -0.2) is 12.5 Å². The number of nitrogens with zero attached hydrogens (tertiary/aromatic N) is 1. The Hall–Kier alpha value is -2.02. The van der Waals surface area contributed by atoms with Gasteiger partial charge in [-0.05, 0) is 25.0 Å². The Morgan fingerprint density at radius 1 is 1.39 bits per heavy atom. The smallest absolute Gasteiger partial charge is 0.227 e. The molecule has 0 unspecified atom stereocenters. The lowest BCUT2D eigenvalue weighted by atomic mass is 10.0. The number of nitrogens with one attached hydrogen (secondary N) is 1. The maximum atomic E-state index is 12.0. The average molecular weight is 246 g/mol. The van der Waals surface area contributed by atoms with Crippen molar-refractivity contribution in [2.24, 2.45) is 5.92 Å². The molecule has 0 heterocycles. The quantitative estimate of drug-likeness (QED) is 0.839. The van der Waals surface area contributed by atoms with Crippen molar-refractivity contribution in [3.8, 4) is 11.8 Å². The molecule has 1 aromatic carbocycles. The Morgan fingerprint density at radius 2 is 2.06 bits per heavy atom. The molecule has 18 heavy (non-hydrogen) atoms. The van der Waals surface area contributed by atoms with E-state index in [4.69, 9.17) is 10.00 Å². The fourth-order valence-electron chi connectivity index (χ4n) is 1.70. The first-order chi connectivity index (χ1) is 8.72. The zero-order valence-corrected chi connectivity index (χ0v) is 10.8. The topological polar surface area (TPSA) is 62.1 Å². The predicted octanol–water partition coefficient (Wildman–Crippen LogP) is 2.96. The summed E-state index contributed by atoms with van der Waals surface area (Å²) in [5.41, 5.74) is 0.615. The summed E-state index contributed by atoms with van der Waals surface area (Å²) < 4.78 is 5.26. The summed E-state index contributed by atoms with van der Waals surface area (Å²) in [5, 5.41) is 11.4. The molecule has 96 valence electrons. The van der Waals surface area contributed by atoms with Crippen molar-refractivity contribution in [1.29, 1.82) is 5.26 Å². The second-order valence-electron chi connectivity index (χ2n) is 3.95. The fraction of sp³-hybridized carbons (Fsp3) is 0.429. The third-order valence-corrected chi connectivity index (χ3v) is 2.79.